The number of nitrogens with zero attached hydrogens (tertiary/aromatic N) is 2. The molecule has 1 aromatic carbocycles. The number of methoxy groups -OCH3 is 1. The molecule has 29 heavy (non-hydrogen) atoms. The second-order valence-corrected chi connectivity index (χ2v) is 7.28. The molecule has 5 nitrogen and oxygen atoms in total. The first-order valence-electron chi connectivity index (χ1n) is 11.0. The second-order valence-electron chi connectivity index (χ2n) is 7.28. The molecule has 0 aliphatic carbocycles. The lowest BCUT2D eigenvalue weighted by Crippen LogP contribution is -2.00. The average molecular weight is 401 g/mol. The van der Waals surface area contributed by atoms with E-state index in [0.717, 1.165) is 50.2 Å². The quantitative estimate of drug-likeness (QED) is 0.320. The minimum absolute atomic E-state index is 0.695. The van der Waals surface area contributed by atoms with Crippen LogP contribution in [0.2, 0.25) is 0 Å². The molecule has 0 saturated heterocycles. The summed E-state index contributed by atoms with van der Waals surface area (Å²) in [6.07, 6.45) is 14.2. The highest BCUT2D eigenvalue weighted by molar-refractivity contribution is 5.56. The van der Waals surface area contributed by atoms with Crippen LogP contribution in [0.5, 0.6) is 11.5 Å². The molecule has 5 heteroatoms. The average Bonchev–Trinajstić information content (AvgIpc) is 2.76. The van der Waals surface area contributed by atoms with E-state index in [2.05, 4.69) is 16.9 Å². The zero-order valence-corrected chi connectivity index (χ0v) is 18.1. The summed E-state index contributed by atoms with van der Waals surface area (Å²) in [4.78, 5) is 8.86. The van der Waals surface area contributed by atoms with Crippen molar-refractivity contribution in [2.75, 3.05) is 26.9 Å². The lowest BCUT2D eigenvalue weighted by atomic mass is 10.2. The van der Waals surface area contributed by atoms with Gasteiger partial charge in [0.25, 0.3) is 0 Å². The molecule has 0 fully saturated rings. The van der Waals surface area contributed by atoms with Gasteiger partial charge in [0.05, 0.1) is 25.6 Å². The van der Waals surface area contributed by atoms with Crippen molar-refractivity contribution in [3.63, 3.8) is 0 Å². The van der Waals surface area contributed by atoms with Crippen molar-refractivity contribution in [3.8, 4) is 22.9 Å². The van der Waals surface area contributed by atoms with E-state index < -0.39 is 0 Å². The fraction of sp³-hybridized carbons (Fsp3) is 0.583. The molecule has 0 aliphatic heterocycles. The fourth-order valence-corrected chi connectivity index (χ4v) is 3.03. The van der Waals surface area contributed by atoms with E-state index >= 15 is 0 Å². The highest BCUT2D eigenvalue weighted by Crippen LogP contribution is 2.20. The normalized spacial score (nSPS) is 10.8. The first-order chi connectivity index (χ1) is 14.3. The van der Waals surface area contributed by atoms with Gasteiger partial charge in [-0.25, -0.2) is 9.97 Å². The molecule has 0 bridgehead atoms. The van der Waals surface area contributed by atoms with E-state index in [9.17, 15) is 0 Å². The van der Waals surface area contributed by atoms with Crippen LogP contribution < -0.4 is 9.47 Å². The summed E-state index contributed by atoms with van der Waals surface area (Å²) in [6, 6.07) is 7.97. The van der Waals surface area contributed by atoms with E-state index in [1.54, 1.807) is 19.5 Å². The minimum Gasteiger partial charge on any atom is -0.494 e. The third-order valence-electron chi connectivity index (χ3n) is 4.77. The van der Waals surface area contributed by atoms with Crippen LogP contribution in [0.25, 0.3) is 11.4 Å². The van der Waals surface area contributed by atoms with Gasteiger partial charge >= 0.3 is 0 Å². The molecule has 0 radical (unpaired) electrons. The summed E-state index contributed by atoms with van der Waals surface area (Å²) in [6.45, 7) is 4.54. The summed E-state index contributed by atoms with van der Waals surface area (Å²) in [7, 11) is 1.74. The summed E-state index contributed by atoms with van der Waals surface area (Å²) in [5, 5.41) is 0. The molecule has 0 amide bonds. The van der Waals surface area contributed by atoms with E-state index in [1.807, 2.05) is 24.3 Å². The van der Waals surface area contributed by atoms with Crippen LogP contribution in [0, 0.1) is 0 Å². The van der Waals surface area contributed by atoms with Crippen molar-refractivity contribution in [2.45, 2.75) is 64.7 Å². The standard InChI is InChI=1S/C24H36N2O3/c1-3-4-5-6-10-17-28-22-14-12-21(13-15-22)24-25-19-23(20-26-24)29-18-11-8-7-9-16-27-2/h12-15,19-20H,3-11,16-18H2,1-2H3. The van der Waals surface area contributed by atoms with Crippen LogP contribution in [0.1, 0.15) is 64.7 Å². The molecule has 0 aliphatic rings. The van der Waals surface area contributed by atoms with Gasteiger partial charge in [-0.3, -0.25) is 0 Å². The third kappa shape index (κ3) is 9.75. The van der Waals surface area contributed by atoms with Gasteiger partial charge in [-0.1, -0.05) is 39.0 Å². The van der Waals surface area contributed by atoms with Crippen LogP contribution in [0.15, 0.2) is 36.7 Å². The zero-order valence-electron chi connectivity index (χ0n) is 18.1. The molecule has 0 N–H and O–H groups in total. The second kappa shape index (κ2) is 14.8. The van der Waals surface area contributed by atoms with Crippen LogP contribution in [0.4, 0.5) is 0 Å². The van der Waals surface area contributed by atoms with E-state index in [1.165, 1.54) is 32.1 Å². The highest BCUT2D eigenvalue weighted by Gasteiger charge is 2.03. The van der Waals surface area contributed by atoms with Gasteiger partial charge in [-0.2, -0.15) is 0 Å². The summed E-state index contributed by atoms with van der Waals surface area (Å²) in [5.41, 5.74) is 0.977. The maximum absolute atomic E-state index is 5.81. The number of aromatic nitrogens is 2. The Morgan fingerprint density at radius 1 is 0.655 bits per heavy atom. The predicted octanol–water partition coefficient (Wildman–Crippen LogP) is 6.08. The van der Waals surface area contributed by atoms with Gasteiger partial charge in [-0.15, -0.1) is 0 Å². The monoisotopic (exact) mass is 400 g/mol. The van der Waals surface area contributed by atoms with Crippen LogP contribution in [-0.4, -0.2) is 36.9 Å². The number of unbranched alkanes of at least 4 members (excludes halogenated alkanes) is 7. The molecule has 2 aromatic rings. The molecule has 160 valence electrons. The maximum atomic E-state index is 5.81. The minimum atomic E-state index is 0.695. The topological polar surface area (TPSA) is 53.5 Å². The van der Waals surface area contributed by atoms with Gasteiger partial charge in [0.2, 0.25) is 0 Å². The van der Waals surface area contributed by atoms with Crippen LogP contribution >= 0.6 is 0 Å². The SMILES string of the molecule is CCCCCCCOc1ccc(-c2ncc(OCCCCCCOC)cn2)cc1. The third-order valence-corrected chi connectivity index (χ3v) is 4.77. The van der Waals surface area contributed by atoms with E-state index in [-0.39, 0.29) is 0 Å². The number of benzene rings is 1. The molecular weight excluding hydrogens is 364 g/mol. The van der Waals surface area contributed by atoms with Crippen molar-refractivity contribution in [1.29, 1.82) is 0 Å². The first kappa shape index (κ1) is 23.1. The molecular formula is C24H36N2O3. The van der Waals surface area contributed by atoms with Crippen molar-refractivity contribution < 1.29 is 14.2 Å². The Balaban J connectivity index is 1.68. The van der Waals surface area contributed by atoms with Gasteiger partial charge in [0.1, 0.15) is 5.75 Å². The molecule has 2 rings (SSSR count). The Morgan fingerprint density at radius 2 is 1.21 bits per heavy atom. The Hall–Kier alpha value is -2.14. The lowest BCUT2D eigenvalue weighted by Gasteiger charge is -2.08. The van der Waals surface area contributed by atoms with Gasteiger partial charge in [0, 0.05) is 19.3 Å². The summed E-state index contributed by atoms with van der Waals surface area (Å²) in [5.74, 6) is 2.31. The number of ether oxygens (including phenoxy) is 3. The number of hydrogen-bond donors (Lipinski definition) is 0. The van der Waals surface area contributed by atoms with Crippen molar-refractivity contribution in [3.05, 3.63) is 36.7 Å². The van der Waals surface area contributed by atoms with Crippen molar-refractivity contribution >= 4 is 0 Å². The largest absolute Gasteiger partial charge is 0.494 e. The van der Waals surface area contributed by atoms with Gasteiger partial charge in [0.15, 0.2) is 11.6 Å². The summed E-state index contributed by atoms with van der Waals surface area (Å²) < 4.78 is 16.6. The maximum Gasteiger partial charge on any atom is 0.159 e. The molecule has 1 aromatic heterocycles. The number of hydrogen-bond acceptors (Lipinski definition) is 5. The molecule has 0 spiro atoms. The van der Waals surface area contributed by atoms with E-state index in [0.29, 0.717) is 18.2 Å². The van der Waals surface area contributed by atoms with Gasteiger partial charge < -0.3 is 14.2 Å². The zero-order chi connectivity index (χ0) is 20.6. The summed E-state index contributed by atoms with van der Waals surface area (Å²) >= 11 is 0. The molecule has 0 atom stereocenters. The Kier molecular flexibility index (Phi) is 11.8. The van der Waals surface area contributed by atoms with Gasteiger partial charge in [-0.05, 0) is 49.9 Å². The highest BCUT2D eigenvalue weighted by atomic mass is 16.5. The number of rotatable bonds is 16. The Labute approximate surface area is 175 Å². The molecule has 1 heterocycles. The van der Waals surface area contributed by atoms with Crippen LogP contribution in [0.3, 0.4) is 0 Å². The molecule has 0 saturated carbocycles. The molecule has 0 unspecified atom stereocenters. The van der Waals surface area contributed by atoms with E-state index in [4.69, 9.17) is 14.2 Å². The fourth-order valence-electron chi connectivity index (χ4n) is 3.03. The first-order valence-corrected chi connectivity index (χ1v) is 11.0. The van der Waals surface area contributed by atoms with Crippen molar-refractivity contribution in [2.24, 2.45) is 0 Å². The van der Waals surface area contributed by atoms with Crippen molar-refractivity contribution in [1.82, 2.24) is 9.97 Å². The predicted molar refractivity (Wildman–Crippen MR) is 118 cm³/mol. The lowest BCUT2D eigenvalue weighted by molar-refractivity contribution is 0.191. The Morgan fingerprint density at radius 3 is 1.79 bits per heavy atom. The van der Waals surface area contributed by atoms with Crippen LogP contribution in [-0.2, 0) is 4.74 Å². The smallest absolute Gasteiger partial charge is 0.159 e. The Bertz CT molecular complexity index is 644.